The second kappa shape index (κ2) is 6.12. The quantitative estimate of drug-likeness (QED) is 0.675. The molecule has 0 saturated heterocycles. The SMILES string of the molecule is OC1CCC2(CC=C2c2c(-c3c(Cl)cccc3Cl)noc2C2CC2)CC1. The van der Waals surface area contributed by atoms with Crippen molar-refractivity contribution in [1.29, 1.82) is 0 Å². The number of aromatic nitrogens is 1. The van der Waals surface area contributed by atoms with Gasteiger partial charge in [-0.2, -0.15) is 0 Å². The van der Waals surface area contributed by atoms with Crippen molar-refractivity contribution in [3.05, 3.63) is 45.6 Å². The summed E-state index contributed by atoms with van der Waals surface area (Å²) in [5.74, 6) is 1.45. The lowest BCUT2D eigenvalue weighted by Crippen LogP contribution is -2.35. The summed E-state index contributed by atoms with van der Waals surface area (Å²) in [7, 11) is 0. The minimum Gasteiger partial charge on any atom is -0.393 e. The average molecular weight is 390 g/mol. The molecule has 3 aliphatic carbocycles. The molecular weight excluding hydrogens is 369 g/mol. The highest BCUT2D eigenvalue weighted by atomic mass is 35.5. The zero-order valence-electron chi connectivity index (χ0n) is 14.5. The summed E-state index contributed by atoms with van der Waals surface area (Å²) in [6.07, 6.45) is 9.28. The number of halogens is 2. The molecule has 0 atom stereocenters. The number of benzene rings is 1. The topological polar surface area (TPSA) is 46.3 Å². The van der Waals surface area contributed by atoms with Gasteiger partial charge < -0.3 is 9.63 Å². The van der Waals surface area contributed by atoms with Crippen molar-refractivity contribution in [3.8, 4) is 11.3 Å². The zero-order valence-corrected chi connectivity index (χ0v) is 16.0. The minimum atomic E-state index is -0.162. The molecule has 1 heterocycles. The Balaban J connectivity index is 1.64. The van der Waals surface area contributed by atoms with Crippen LogP contribution in [0.1, 0.15) is 62.2 Å². The summed E-state index contributed by atoms with van der Waals surface area (Å²) >= 11 is 13.0. The van der Waals surface area contributed by atoms with Crippen LogP contribution in [0.4, 0.5) is 0 Å². The Morgan fingerprint density at radius 3 is 2.31 bits per heavy atom. The van der Waals surface area contributed by atoms with E-state index < -0.39 is 0 Å². The van der Waals surface area contributed by atoms with Crippen LogP contribution in [-0.4, -0.2) is 16.4 Å². The van der Waals surface area contributed by atoms with E-state index in [0.29, 0.717) is 16.0 Å². The summed E-state index contributed by atoms with van der Waals surface area (Å²) in [5.41, 5.74) is 4.14. The van der Waals surface area contributed by atoms with Gasteiger partial charge in [-0.05, 0) is 68.1 Å². The van der Waals surface area contributed by atoms with Crippen LogP contribution < -0.4 is 0 Å². The molecule has 1 aromatic carbocycles. The molecule has 0 radical (unpaired) electrons. The van der Waals surface area contributed by atoms with Crippen molar-refractivity contribution >= 4 is 28.8 Å². The van der Waals surface area contributed by atoms with Gasteiger partial charge in [0.05, 0.1) is 16.1 Å². The van der Waals surface area contributed by atoms with Gasteiger partial charge in [0.1, 0.15) is 11.5 Å². The van der Waals surface area contributed by atoms with E-state index in [4.69, 9.17) is 27.7 Å². The lowest BCUT2D eigenvalue weighted by Gasteiger charge is -2.46. The summed E-state index contributed by atoms with van der Waals surface area (Å²) < 4.78 is 5.84. The zero-order chi connectivity index (χ0) is 17.9. The van der Waals surface area contributed by atoms with Crippen molar-refractivity contribution in [2.45, 2.75) is 57.0 Å². The standard InChI is InChI=1S/C21H21Cl2NO2/c22-15-2-1-3-16(23)18(15)19-17(20(26-24-19)12-4-5-12)14-8-11-21(14)9-6-13(25)7-10-21/h1-3,8,12-13,25H,4-7,9-11H2. The van der Waals surface area contributed by atoms with Crippen molar-refractivity contribution in [1.82, 2.24) is 5.16 Å². The first-order valence-corrected chi connectivity index (χ1v) is 10.2. The highest BCUT2D eigenvalue weighted by molar-refractivity contribution is 6.39. The van der Waals surface area contributed by atoms with Crippen LogP contribution in [0.15, 0.2) is 28.8 Å². The van der Waals surface area contributed by atoms with Crippen LogP contribution >= 0.6 is 23.2 Å². The number of allylic oxidation sites excluding steroid dienone is 2. The van der Waals surface area contributed by atoms with E-state index in [-0.39, 0.29) is 11.5 Å². The molecule has 2 aromatic rings. The summed E-state index contributed by atoms with van der Waals surface area (Å²) in [6, 6.07) is 5.54. The maximum absolute atomic E-state index is 9.95. The third-order valence-corrected chi connectivity index (χ3v) is 6.95. The Hall–Kier alpha value is -1.29. The van der Waals surface area contributed by atoms with Gasteiger partial charge in [0.2, 0.25) is 0 Å². The van der Waals surface area contributed by atoms with E-state index in [9.17, 15) is 5.11 Å². The van der Waals surface area contributed by atoms with E-state index in [1.165, 1.54) is 5.57 Å². The predicted molar refractivity (Wildman–Crippen MR) is 103 cm³/mol. The number of hydrogen-bond acceptors (Lipinski definition) is 3. The molecule has 0 bridgehead atoms. The van der Waals surface area contributed by atoms with Gasteiger partial charge in [-0.1, -0.05) is 40.5 Å². The first-order valence-electron chi connectivity index (χ1n) is 9.42. The second-order valence-electron chi connectivity index (χ2n) is 7.97. The predicted octanol–water partition coefficient (Wildman–Crippen LogP) is 6.23. The molecule has 0 amide bonds. The number of rotatable bonds is 3. The number of aliphatic hydroxyl groups is 1. The van der Waals surface area contributed by atoms with Gasteiger partial charge >= 0.3 is 0 Å². The first kappa shape index (κ1) is 16.9. The second-order valence-corrected chi connectivity index (χ2v) is 8.79. The molecule has 26 heavy (non-hydrogen) atoms. The molecule has 136 valence electrons. The number of nitrogens with zero attached hydrogens (tertiary/aromatic N) is 1. The summed E-state index contributed by atoms with van der Waals surface area (Å²) in [5, 5.41) is 15.6. The Bertz CT molecular complexity index is 869. The fraction of sp³-hybridized carbons (Fsp3) is 0.476. The summed E-state index contributed by atoms with van der Waals surface area (Å²) in [4.78, 5) is 0. The lowest BCUT2D eigenvalue weighted by molar-refractivity contribution is 0.0837. The Kier molecular flexibility index (Phi) is 3.97. The molecular formula is C21H21Cl2NO2. The molecule has 3 nitrogen and oxygen atoms in total. The molecule has 3 aliphatic rings. The third-order valence-electron chi connectivity index (χ3n) is 6.32. The first-order chi connectivity index (χ1) is 12.6. The van der Waals surface area contributed by atoms with Crippen LogP contribution in [-0.2, 0) is 0 Å². The van der Waals surface area contributed by atoms with Crippen LogP contribution in [0.5, 0.6) is 0 Å². The Morgan fingerprint density at radius 1 is 1.04 bits per heavy atom. The monoisotopic (exact) mass is 389 g/mol. The van der Waals surface area contributed by atoms with Crippen molar-refractivity contribution in [3.63, 3.8) is 0 Å². The van der Waals surface area contributed by atoms with Gasteiger partial charge in [-0.15, -0.1) is 0 Å². The van der Waals surface area contributed by atoms with E-state index in [0.717, 1.165) is 67.5 Å². The fourth-order valence-corrected chi connectivity index (χ4v) is 5.15. The van der Waals surface area contributed by atoms with Gasteiger partial charge in [0.25, 0.3) is 0 Å². The highest BCUT2D eigenvalue weighted by Crippen LogP contribution is 2.60. The van der Waals surface area contributed by atoms with Gasteiger partial charge in [0, 0.05) is 17.0 Å². The van der Waals surface area contributed by atoms with Crippen molar-refractivity contribution < 1.29 is 9.63 Å². The highest BCUT2D eigenvalue weighted by Gasteiger charge is 2.47. The van der Waals surface area contributed by atoms with E-state index >= 15 is 0 Å². The molecule has 5 heteroatoms. The Labute approximate surface area is 163 Å². The molecule has 1 spiro atoms. The molecule has 2 saturated carbocycles. The Morgan fingerprint density at radius 2 is 1.73 bits per heavy atom. The summed E-state index contributed by atoms with van der Waals surface area (Å²) in [6.45, 7) is 0. The van der Waals surface area contributed by atoms with Crippen LogP contribution in [0.2, 0.25) is 10.0 Å². The fourth-order valence-electron chi connectivity index (χ4n) is 4.57. The van der Waals surface area contributed by atoms with Gasteiger partial charge in [-0.3, -0.25) is 0 Å². The van der Waals surface area contributed by atoms with E-state index in [1.54, 1.807) is 0 Å². The molecule has 5 rings (SSSR count). The molecule has 1 aromatic heterocycles. The van der Waals surface area contributed by atoms with Crippen molar-refractivity contribution in [2.24, 2.45) is 5.41 Å². The normalized spacial score (nSPS) is 28.1. The number of hydrogen-bond donors (Lipinski definition) is 1. The molecule has 1 N–H and O–H groups in total. The largest absolute Gasteiger partial charge is 0.393 e. The maximum atomic E-state index is 9.95. The van der Waals surface area contributed by atoms with E-state index in [1.807, 2.05) is 18.2 Å². The van der Waals surface area contributed by atoms with Gasteiger partial charge in [-0.25, -0.2) is 0 Å². The van der Waals surface area contributed by atoms with Gasteiger partial charge in [0.15, 0.2) is 0 Å². The van der Waals surface area contributed by atoms with E-state index in [2.05, 4.69) is 11.2 Å². The van der Waals surface area contributed by atoms with Crippen LogP contribution in [0.3, 0.4) is 0 Å². The smallest absolute Gasteiger partial charge is 0.147 e. The van der Waals surface area contributed by atoms with Crippen molar-refractivity contribution in [2.75, 3.05) is 0 Å². The molecule has 0 unspecified atom stereocenters. The lowest BCUT2D eigenvalue weighted by atomic mass is 9.58. The minimum absolute atomic E-state index is 0.150. The number of aliphatic hydroxyl groups excluding tert-OH is 1. The maximum Gasteiger partial charge on any atom is 0.147 e. The average Bonchev–Trinajstić information content (AvgIpc) is 3.37. The molecule has 0 aliphatic heterocycles. The molecule has 2 fully saturated rings. The third kappa shape index (κ3) is 2.56. The van der Waals surface area contributed by atoms with Crippen LogP contribution in [0.25, 0.3) is 16.8 Å². The van der Waals surface area contributed by atoms with Crippen LogP contribution in [0, 0.1) is 5.41 Å².